The van der Waals surface area contributed by atoms with Gasteiger partial charge in [0.1, 0.15) is 0 Å². The molecule has 0 N–H and O–H groups in total. The van der Waals surface area contributed by atoms with E-state index < -0.39 is 5.60 Å². The van der Waals surface area contributed by atoms with Crippen molar-refractivity contribution in [3.63, 3.8) is 0 Å². The summed E-state index contributed by atoms with van der Waals surface area (Å²) in [6, 6.07) is 0. The number of hydrogen-bond donors (Lipinski definition) is 0. The molecule has 4 aliphatic carbocycles. The molecule has 0 spiro atoms. The first-order valence-corrected chi connectivity index (χ1v) is 10.7. The van der Waals surface area contributed by atoms with Gasteiger partial charge in [-0.15, -0.1) is 0 Å². The van der Waals surface area contributed by atoms with E-state index in [0.29, 0.717) is 30.6 Å². The second-order valence-electron chi connectivity index (χ2n) is 10.1. The number of fused-ring (bicyclic) bond motifs is 5. The van der Waals surface area contributed by atoms with Gasteiger partial charge in [-0.25, -0.2) is 0 Å². The van der Waals surface area contributed by atoms with Gasteiger partial charge in [-0.3, -0.25) is 14.4 Å². The van der Waals surface area contributed by atoms with Crippen LogP contribution in [0.2, 0.25) is 0 Å². The second-order valence-corrected chi connectivity index (χ2v) is 10.1. The molecule has 0 radical (unpaired) electrons. The van der Waals surface area contributed by atoms with Gasteiger partial charge in [-0.2, -0.15) is 0 Å². The van der Waals surface area contributed by atoms with Crippen LogP contribution in [0.4, 0.5) is 0 Å². The Morgan fingerprint density at radius 3 is 2.39 bits per heavy atom. The number of esters is 1. The fraction of sp³-hybridized carbons (Fsp3) is 0.708. The number of Topliss-reactive ketones (excluding diaryl/α,β-unsaturated/α-hetero) is 1. The molecule has 0 aromatic rings. The first-order valence-electron chi connectivity index (χ1n) is 10.7. The number of ketones is 2. The van der Waals surface area contributed by atoms with Crippen LogP contribution in [0.5, 0.6) is 0 Å². The van der Waals surface area contributed by atoms with E-state index >= 15 is 0 Å². The molecule has 0 bridgehead atoms. The van der Waals surface area contributed by atoms with Gasteiger partial charge in [-0.1, -0.05) is 25.5 Å². The largest absolute Gasteiger partial charge is 0.451 e. The lowest BCUT2D eigenvalue weighted by Gasteiger charge is -2.58. The van der Waals surface area contributed by atoms with Crippen molar-refractivity contribution in [2.45, 2.75) is 78.7 Å². The van der Waals surface area contributed by atoms with Gasteiger partial charge in [0.2, 0.25) is 0 Å². The third kappa shape index (κ3) is 2.39. The number of allylic oxidation sites excluding steroid dienone is 4. The molecular weight excluding hydrogens is 352 g/mol. The molecule has 0 heterocycles. The molecule has 0 aliphatic heterocycles. The van der Waals surface area contributed by atoms with Crippen LogP contribution in [0, 0.1) is 28.6 Å². The van der Waals surface area contributed by atoms with Crippen molar-refractivity contribution >= 4 is 17.5 Å². The van der Waals surface area contributed by atoms with E-state index in [2.05, 4.69) is 26.8 Å². The smallest absolute Gasteiger partial charge is 0.303 e. The maximum Gasteiger partial charge on any atom is 0.303 e. The number of carbonyl (C=O) groups excluding carboxylic acids is 3. The third-order valence-corrected chi connectivity index (χ3v) is 8.84. The van der Waals surface area contributed by atoms with Crippen LogP contribution >= 0.6 is 0 Å². The highest BCUT2D eigenvalue weighted by atomic mass is 16.6. The second kappa shape index (κ2) is 6.14. The summed E-state index contributed by atoms with van der Waals surface area (Å²) in [6.07, 6.45) is 9.20. The average molecular weight is 385 g/mol. The van der Waals surface area contributed by atoms with Gasteiger partial charge >= 0.3 is 5.97 Å². The SMILES string of the molecule is CC(=O)O[C@]1(C(C)=O)CC[C@H]2[C@@H]3C=C(C)C4=CC(=O)CC[C@]4(C)[C@H]3CC[C@]21C. The molecule has 0 saturated heterocycles. The number of hydrogen-bond acceptors (Lipinski definition) is 4. The van der Waals surface area contributed by atoms with Crippen LogP contribution in [0.1, 0.15) is 73.1 Å². The van der Waals surface area contributed by atoms with Crippen LogP contribution in [-0.2, 0) is 19.1 Å². The Bertz CT molecular complexity index is 820. The highest BCUT2D eigenvalue weighted by Gasteiger charge is 2.67. The number of carbonyl (C=O) groups is 3. The van der Waals surface area contributed by atoms with Gasteiger partial charge in [0.25, 0.3) is 0 Å². The van der Waals surface area contributed by atoms with Gasteiger partial charge in [0.15, 0.2) is 17.2 Å². The Morgan fingerprint density at radius 2 is 1.75 bits per heavy atom. The highest BCUT2D eigenvalue weighted by Crippen LogP contribution is 2.67. The van der Waals surface area contributed by atoms with Crippen molar-refractivity contribution in [3.05, 3.63) is 23.3 Å². The zero-order chi connectivity index (χ0) is 20.5. The van der Waals surface area contributed by atoms with E-state index in [-0.39, 0.29) is 28.4 Å². The predicted octanol–water partition coefficient (Wildman–Crippen LogP) is 4.58. The molecule has 0 unspecified atom stereocenters. The first kappa shape index (κ1) is 19.6. The molecule has 0 amide bonds. The van der Waals surface area contributed by atoms with Crippen molar-refractivity contribution in [1.82, 2.24) is 0 Å². The lowest BCUT2D eigenvalue weighted by molar-refractivity contribution is -0.185. The molecule has 6 atom stereocenters. The van der Waals surface area contributed by atoms with Crippen LogP contribution < -0.4 is 0 Å². The molecule has 0 aromatic heterocycles. The minimum Gasteiger partial charge on any atom is -0.451 e. The van der Waals surface area contributed by atoms with E-state index in [1.807, 2.05) is 6.08 Å². The predicted molar refractivity (Wildman–Crippen MR) is 106 cm³/mol. The van der Waals surface area contributed by atoms with Gasteiger partial charge in [0, 0.05) is 18.8 Å². The highest BCUT2D eigenvalue weighted by molar-refractivity contribution is 5.92. The quantitative estimate of drug-likeness (QED) is 0.654. The zero-order valence-corrected chi connectivity index (χ0v) is 17.8. The zero-order valence-electron chi connectivity index (χ0n) is 17.8. The maximum atomic E-state index is 12.8. The van der Waals surface area contributed by atoms with Crippen LogP contribution in [0.3, 0.4) is 0 Å². The number of ether oxygens (including phenoxy) is 1. The Labute approximate surface area is 167 Å². The van der Waals surface area contributed by atoms with Gasteiger partial charge in [0.05, 0.1) is 0 Å². The fourth-order valence-corrected chi connectivity index (χ4v) is 7.48. The monoisotopic (exact) mass is 384 g/mol. The summed E-state index contributed by atoms with van der Waals surface area (Å²) in [4.78, 5) is 36.8. The summed E-state index contributed by atoms with van der Waals surface area (Å²) in [7, 11) is 0. The Hall–Kier alpha value is -1.71. The summed E-state index contributed by atoms with van der Waals surface area (Å²) in [5, 5.41) is 0. The van der Waals surface area contributed by atoms with Crippen molar-refractivity contribution in [2.24, 2.45) is 28.6 Å². The van der Waals surface area contributed by atoms with E-state index in [4.69, 9.17) is 4.74 Å². The van der Waals surface area contributed by atoms with E-state index in [1.54, 1.807) is 6.92 Å². The van der Waals surface area contributed by atoms with Crippen molar-refractivity contribution in [2.75, 3.05) is 0 Å². The summed E-state index contributed by atoms with van der Waals surface area (Å²) in [5.74, 6) is 1.03. The third-order valence-electron chi connectivity index (χ3n) is 8.84. The summed E-state index contributed by atoms with van der Waals surface area (Å²) in [5.41, 5.74) is 1.15. The summed E-state index contributed by atoms with van der Waals surface area (Å²) in [6.45, 7) is 9.63. The van der Waals surface area contributed by atoms with Crippen LogP contribution in [0.25, 0.3) is 0 Å². The molecule has 152 valence electrons. The lowest BCUT2D eigenvalue weighted by atomic mass is 9.47. The van der Waals surface area contributed by atoms with Crippen molar-refractivity contribution in [3.8, 4) is 0 Å². The van der Waals surface area contributed by atoms with Gasteiger partial charge in [-0.05, 0) is 80.8 Å². The van der Waals surface area contributed by atoms with Gasteiger partial charge < -0.3 is 4.74 Å². The molecule has 4 heteroatoms. The number of rotatable bonds is 2. The molecule has 4 nitrogen and oxygen atoms in total. The Morgan fingerprint density at radius 1 is 1.07 bits per heavy atom. The minimum atomic E-state index is -0.990. The first-order chi connectivity index (χ1) is 13.0. The Kier molecular flexibility index (Phi) is 4.30. The van der Waals surface area contributed by atoms with Crippen LogP contribution in [0.15, 0.2) is 23.3 Å². The molecule has 28 heavy (non-hydrogen) atoms. The molecule has 2 saturated carbocycles. The average Bonchev–Trinajstić information content (AvgIpc) is 2.90. The molecule has 2 fully saturated rings. The normalized spacial score (nSPS) is 44.6. The van der Waals surface area contributed by atoms with Crippen molar-refractivity contribution < 1.29 is 19.1 Å². The van der Waals surface area contributed by atoms with Crippen molar-refractivity contribution in [1.29, 1.82) is 0 Å². The molecule has 0 aromatic carbocycles. The Balaban J connectivity index is 1.79. The topological polar surface area (TPSA) is 60.4 Å². The van der Waals surface area contributed by atoms with E-state index in [9.17, 15) is 14.4 Å². The van der Waals surface area contributed by atoms with E-state index in [1.165, 1.54) is 18.1 Å². The minimum absolute atomic E-state index is 0.0160. The maximum absolute atomic E-state index is 12.8. The lowest BCUT2D eigenvalue weighted by Crippen LogP contribution is -2.58. The molecule has 4 aliphatic rings. The van der Waals surface area contributed by atoms with Crippen LogP contribution in [-0.4, -0.2) is 23.1 Å². The standard InChI is InChI=1S/C24H32O4/c1-14-12-18-19(22(4)9-6-17(27)13-21(14)22)7-10-23(5)20(18)8-11-24(23,15(2)25)28-16(3)26/h12-13,18-20H,6-11H2,1-5H3/t18-,19+,20+,22-,23-,24+/m1/s1. The fourth-order valence-electron chi connectivity index (χ4n) is 7.48. The summed E-state index contributed by atoms with van der Waals surface area (Å²) >= 11 is 0. The molecular formula is C24H32O4. The van der Waals surface area contributed by atoms with E-state index in [0.717, 1.165) is 25.7 Å². The molecule has 4 rings (SSSR count). The summed E-state index contributed by atoms with van der Waals surface area (Å²) < 4.78 is 5.82.